The lowest BCUT2D eigenvalue weighted by molar-refractivity contribution is 0.665. The summed E-state index contributed by atoms with van der Waals surface area (Å²) in [5, 5.41) is 26.2. The number of nitrogens with zero attached hydrogens (tertiary/aromatic N) is 3. The Morgan fingerprint density at radius 1 is 0.581 bits per heavy atom. The molecular weight excluding hydrogens is 547 g/mol. The number of hydrogen-bond acceptors (Lipinski definition) is 4. The molecule has 0 bridgehead atoms. The Labute approximate surface area is 249 Å². The zero-order valence-electron chi connectivity index (χ0n) is 22.6. The maximum atomic E-state index is 10.1. The number of hydrogen-bond donors (Lipinski definition) is 0. The van der Waals surface area contributed by atoms with E-state index in [1.54, 1.807) is 11.3 Å². The molecule has 198 valence electrons. The molecule has 0 fully saturated rings. The number of benzene rings is 6. The van der Waals surface area contributed by atoms with Gasteiger partial charge in [-0.15, -0.1) is 11.3 Å². The molecule has 0 unspecified atom stereocenters. The van der Waals surface area contributed by atoms with Crippen molar-refractivity contribution in [2.24, 2.45) is 0 Å². The Kier molecular flexibility index (Phi) is 4.87. The average Bonchev–Trinajstić information content (AvgIpc) is 3.73. The van der Waals surface area contributed by atoms with Gasteiger partial charge in [0.25, 0.3) is 0 Å². The summed E-state index contributed by atoms with van der Waals surface area (Å²) in [5.41, 5.74) is 7.46. The molecule has 0 aliphatic carbocycles. The monoisotopic (exact) mass is 565 g/mol. The van der Waals surface area contributed by atoms with E-state index in [4.69, 9.17) is 4.42 Å². The summed E-state index contributed by atoms with van der Waals surface area (Å²) >= 11 is 1.80. The molecule has 0 saturated heterocycles. The van der Waals surface area contributed by atoms with E-state index in [2.05, 4.69) is 89.5 Å². The van der Waals surface area contributed by atoms with Crippen molar-refractivity contribution in [2.75, 3.05) is 0 Å². The molecule has 0 N–H and O–H groups in total. The van der Waals surface area contributed by atoms with Crippen molar-refractivity contribution in [2.45, 2.75) is 0 Å². The SMILES string of the molecule is N#Cc1ccc2c(c1)c1ccccc1n2-c1cccc2c1oc1c(C#N)ccc(-c3ccc4c(c3)sc3ccccc34)c12. The van der Waals surface area contributed by atoms with Gasteiger partial charge in [-0.2, -0.15) is 10.5 Å². The van der Waals surface area contributed by atoms with Crippen molar-refractivity contribution < 1.29 is 4.42 Å². The lowest BCUT2D eigenvalue weighted by atomic mass is 9.96. The van der Waals surface area contributed by atoms with Gasteiger partial charge in [-0.25, -0.2) is 0 Å². The number of rotatable bonds is 2. The first-order valence-corrected chi connectivity index (χ1v) is 14.8. The van der Waals surface area contributed by atoms with E-state index >= 15 is 0 Å². The van der Waals surface area contributed by atoms with Gasteiger partial charge in [0.1, 0.15) is 6.07 Å². The molecule has 4 nitrogen and oxygen atoms in total. The Morgan fingerprint density at radius 2 is 1.37 bits per heavy atom. The molecule has 6 aromatic carbocycles. The van der Waals surface area contributed by atoms with E-state index in [-0.39, 0.29) is 0 Å². The lowest BCUT2D eigenvalue weighted by Gasteiger charge is -2.09. The van der Waals surface area contributed by atoms with Gasteiger partial charge < -0.3 is 8.98 Å². The standard InChI is InChI=1S/C38H19N3OS/c39-20-22-12-17-32-30(18-22)26-6-1-3-9-31(26)41(32)33-10-5-8-29-36-25(15-14-24(21-40)37(36)42-38(29)33)23-13-16-28-27-7-2-4-11-34(27)43-35(28)19-23/h1-19H. The Balaban J connectivity index is 1.36. The second kappa shape index (κ2) is 8.81. The number of nitriles is 2. The summed E-state index contributed by atoms with van der Waals surface area (Å²) in [6.07, 6.45) is 0. The first-order chi connectivity index (χ1) is 21.2. The molecule has 3 heterocycles. The summed E-state index contributed by atoms with van der Waals surface area (Å²) in [7, 11) is 0. The summed E-state index contributed by atoms with van der Waals surface area (Å²) in [6, 6.07) is 43.9. The molecule has 0 amide bonds. The summed E-state index contributed by atoms with van der Waals surface area (Å²) < 4.78 is 11.4. The van der Waals surface area contributed by atoms with Crippen LogP contribution in [0.2, 0.25) is 0 Å². The van der Waals surface area contributed by atoms with Crippen LogP contribution in [0.15, 0.2) is 120 Å². The quantitative estimate of drug-likeness (QED) is 0.209. The highest BCUT2D eigenvalue weighted by molar-refractivity contribution is 7.25. The number of fused-ring (bicyclic) bond motifs is 9. The largest absolute Gasteiger partial charge is 0.452 e. The summed E-state index contributed by atoms with van der Waals surface area (Å²) in [6.45, 7) is 0. The smallest absolute Gasteiger partial charge is 0.159 e. The molecule has 0 radical (unpaired) electrons. The van der Waals surface area contributed by atoms with Gasteiger partial charge >= 0.3 is 0 Å². The summed E-state index contributed by atoms with van der Waals surface area (Å²) in [5.74, 6) is 0. The predicted octanol–water partition coefficient (Wildman–Crippen LogP) is 10.5. The van der Waals surface area contributed by atoms with Crippen LogP contribution < -0.4 is 0 Å². The lowest BCUT2D eigenvalue weighted by Crippen LogP contribution is -1.94. The van der Waals surface area contributed by atoms with Crippen molar-refractivity contribution in [3.05, 3.63) is 126 Å². The van der Waals surface area contributed by atoms with Crippen molar-refractivity contribution in [1.29, 1.82) is 10.5 Å². The molecule has 3 aromatic heterocycles. The third kappa shape index (κ3) is 3.29. The van der Waals surface area contributed by atoms with E-state index in [1.165, 1.54) is 20.2 Å². The second-order valence-electron chi connectivity index (χ2n) is 10.7. The molecule has 0 aliphatic heterocycles. The van der Waals surface area contributed by atoms with Crippen molar-refractivity contribution in [3.63, 3.8) is 0 Å². The van der Waals surface area contributed by atoms with E-state index < -0.39 is 0 Å². The normalized spacial score (nSPS) is 11.7. The van der Waals surface area contributed by atoms with Crippen molar-refractivity contribution in [1.82, 2.24) is 4.57 Å². The van der Waals surface area contributed by atoms with Crippen LogP contribution in [0.4, 0.5) is 0 Å². The third-order valence-corrected chi connectivity index (χ3v) is 9.61. The molecular formula is C38H19N3OS. The molecule has 9 rings (SSSR count). The van der Waals surface area contributed by atoms with Crippen molar-refractivity contribution in [3.8, 4) is 29.0 Å². The fraction of sp³-hybridized carbons (Fsp3) is 0. The fourth-order valence-electron chi connectivity index (χ4n) is 6.59. The zero-order valence-corrected chi connectivity index (χ0v) is 23.4. The van der Waals surface area contributed by atoms with Gasteiger partial charge in [0.2, 0.25) is 0 Å². The molecule has 0 saturated carbocycles. The fourth-order valence-corrected chi connectivity index (χ4v) is 7.73. The first-order valence-electron chi connectivity index (χ1n) is 14.0. The maximum Gasteiger partial charge on any atom is 0.159 e. The van der Waals surface area contributed by atoms with E-state index in [0.29, 0.717) is 16.7 Å². The first kappa shape index (κ1) is 23.8. The van der Waals surface area contributed by atoms with Gasteiger partial charge in [0, 0.05) is 41.7 Å². The van der Waals surface area contributed by atoms with Gasteiger partial charge in [0.15, 0.2) is 11.2 Å². The number of aromatic nitrogens is 1. The van der Waals surface area contributed by atoms with Crippen LogP contribution in [0.3, 0.4) is 0 Å². The topological polar surface area (TPSA) is 65.7 Å². The highest BCUT2D eigenvalue weighted by atomic mass is 32.1. The average molecular weight is 566 g/mol. The molecule has 0 aliphatic rings. The van der Waals surface area contributed by atoms with Crippen LogP contribution in [-0.2, 0) is 0 Å². The minimum atomic E-state index is 0.504. The highest BCUT2D eigenvalue weighted by Crippen LogP contribution is 2.44. The zero-order chi connectivity index (χ0) is 28.7. The number of thiophene rings is 1. The molecule has 0 spiro atoms. The van der Waals surface area contributed by atoms with Crippen LogP contribution in [0.25, 0.3) is 80.7 Å². The Bertz CT molecular complexity index is 2710. The van der Waals surface area contributed by atoms with Crippen LogP contribution in [0.1, 0.15) is 11.1 Å². The second-order valence-corrected chi connectivity index (χ2v) is 11.8. The minimum Gasteiger partial charge on any atom is -0.452 e. The van der Waals surface area contributed by atoms with E-state index in [9.17, 15) is 10.5 Å². The van der Waals surface area contributed by atoms with Gasteiger partial charge in [-0.1, -0.05) is 66.7 Å². The molecule has 0 atom stereocenters. The van der Waals surface area contributed by atoms with E-state index in [1.807, 2.05) is 42.5 Å². The Hall–Kier alpha value is -5.88. The van der Waals surface area contributed by atoms with E-state index in [0.717, 1.165) is 55.0 Å². The maximum absolute atomic E-state index is 10.1. The minimum absolute atomic E-state index is 0.504. The van der Waals surface area contributed by atoms with Crippen molar-refractivity contribution >= 4 is 75.3 Å². The molecule has 5 heteroatoms. The molecule has 43 heavy (non-hydrogen) atoms. The van der Waals surface area contributed by atoms with Crippen LogP contribution in [0.5, 0.6) is 0 Å². The number of furan rings is 1. The molecule has 9 aromatic rings. The van der Waals surface area contributed by atoms with Crippen LogP contribution >= 0.6 is 11.3 Å². The van der Waals surface area contributed by atoms with Crippen LogP contribution in [-0.4, -0.2) is 4.57 Å². The van der Waals surface area contributed by atoms with Gasteiger partial charge in [-0.05, 0) is 59.7 Å². The summed E-state index contributed by atoms with van der Waals surface area (Å²) in [4.78, 5) is 0. The Morgan fingerprint density at radius 3 is 2.26 bits per heavy atom. The third-order valence-electron chi connectivity index (χ3n) is 8.48. The van der Waals surface area contributed by atoms with Crippen LogP contribution in [0, 0.1) is 22.7 Å². The number of para-hydroxylation sites is 2. The highest BCUT2D eigenvalue weighted by Gasteiger charge is 2.21. The predicted molar refractivity (Wildman–Crippen MR) is 176 cm³/mol. The van der Waals surface area contributed by atoms with Gasteiger partial charge in [-0.3, -0.25) is 0 Å². The van der Waals surface area contributed by atoms with Gasteiger partial charge in [0.05, 0.1) is 33.9 Å².